The number of carbonyl (C=O) groups is 1. The maximum Gasteiger partial charge on any atom is 0.492 e. The Bertz CT molecular complexity index is 1320. The Hall–Kier alpha value is -3.38. The van der Waals surface area contributed by atoms with E-state index in [-0.39, 0.29) is 11.8 Å². The van der Waals surface area contributed by atoms with E-state index in [0.29, 0.717) is 44.6 Å². The number of hydroxylamine groups is 2. The third-order valence-electron chi connectivity index (χ3n) is 5.83. The highest BCUT2D eigenvalue weighted by molar-refractivity contribution is 6.32. The van der Waals surface area contributed by atoms with Crippen LogP contribution in [0.4, 0.5) is 13.2 Å². The van der Waals surface area contributed by atoms with Gasteiger partial charge in [0.15, 0.2) is 6.35 Å². The summed E-state index contributed by atoms with van der Waals surface area (Å²) in [5.74, 6) is -1.45. The standard InChI is InChI=1S/C23H17ClF3N3O5/c1-32-13-5-7-18-16(10-13)22(11-33-21(28)30(22)35-20(31)23(25,26)27)15-9-12(4-6-17(15)34-18)14-3-2-8-29-19(14)24/h2-10,21H,11,28H2,1H3. The maximum absolute atomic E-state index is 13.2. The molecule has 0 aliphatic carbocycles. The van der Waals surface area contributed by atoms with Gasteiger partial charge < -0.3 is 19.0 Å². The summed E-state index contributed by atoms with van der Waals surface area (Å²) < 4.78 is 56.5. The number of fused-ring (bicyclic) bond motifs is 4. The van der Waals surface area contributed by atoms with Crippen molar-refractivity contribution < 1.29 is 37.0 Å². The van der Waals surface area contributed by atoms with Gasteiger partial charge in [0, 0.05) is 22.9 Å². The normalized spacial score (nSPS) is 21.3. The summed E-state index contributed by atoms with van der Waals surface area (Å²) in [5, 5.41) is 0.928. The van der Waals surface area contributed by atoms with Gasteiger partial charge in [-0.1, -0.05) is 22.7 Å². The molecule has 1 fully saturated rings. The molecule has 1 aromatic heterocycles. The lowest BCUT2D eigenvalue weighted by atomic mass is 9.79. The topological polar surface area (TPSA) is 96.1 Å². The number of alkyl halides is 3. The lowest BCUT2D eigenvalue weighted by Crippen LogP contribution is -2.53. The summed E-state index contributed by atoms with van der Waals surface area (Å²) in [6, 6.07) is 13.2. The van der Waals surface area contributed by atoms with Crippen molar-refractivity contribution in [2.75, 3.05) is 13.7 Å². The van der Waals surface area contributed by atoms with Gasteiger partial charge >= 0.3 is 12.1 Å². The highest BCUT2D eigenvalue weighted by Crippen LogP contribution is 2.54. The van der Waals surface area contributed by atoms with Gasteiger partial charge in [0.05, 0.1) is 13.7 Å². The fourth-order valence-electron chi connectivity index (χ4n) is 4.24. The van der Waals surface area contributed by atoms with E-state index in [1.165, 1.54) is 13.3 Å². The molecule has 0 saturated carbocycles. The summed E-state index contributed by atoms with van der Waals surface area (Å²) in [4.78, 5) is 20.8. The predicted octanol–water partition coefficient (Wildman–Crippen LogP) is 4.35. The number of nitrogens with zero attached hydrogens (tertiary/aromatic N) is 2. The number of hydrogen-bond acceptors (Lipinski definition) is 8. The van der Waals surface area contributed by atoms with Crippen LogP contribution in [0.25, 0.3) is 11.1 Å². The summed E-state index contributed by atoms with van der Waals surface area (Å²) in [7, 11) is 1.44. The average molecular weight is 508 g/mol. The molecule has 2 aliphatic heterocycles. The van der Waals surface area contributed by atoms with E-state index < -0.39 is 24.0 Å². The Morgan fingerprint density at radius 1 is 1.20 bits per heavy atom. The van der Waals surface area contributed by atoms with Crippen LogP contribution >= 0.6 is 11.6 Å². The molecule has 0 amide bonds. The van der Waals surface area contributed by atoms with Gasteiger partial charge in [-0.3, -0.25) is 5.73 Å². The number of carbonyl (C=O) groups excluding carboxylic acids is 1. The first-order chi connectivity index (χ1) is 16.6. The second kappa shape index (κ2) is 8.38. The van der Waals surface area contributed by atoms with E-state index in [4.69, 9.17) is 36.4 Å². The van der Waals surface area contributed by atoms with Gasteiger partial charge in [0.25, 0.3) is 0 Å². The maximum atomic E-state index is 13.2. The van der Waals surface area contributed by atoms with E-state index >= 15 is 0 Å². The van der Waals surface area contributed by atoms with Gasteiger partial charge in [0.1, 0.15) is 27.9 Å². The average Bonchev–Trinajstić information content (AvgIpc) is 3.15. The quantitative estimate of drug-likeness (QED) is 0.523. The number of nitrogens with two attached hydrogens (primary N) is 1. The summed E-state index contributed by atoms with van der Waals surface area (Å²) in [5.41, 5.74) is 6.25. The number of hydrogen-bond donors (Lipinski definition) is 1. The van der Waals surface area contributed by atoms with Crippen molar-refractivity contribution >= 4 is 17.6 Å². The first-order valence-corrected chi connectivity index (χ1v) is 10.6. The zero-order valence-electron chi connectivity index (χ0n) is 18.0. The molecule has 8 nitrogen and oxygen atoms in total. The second-order valence-electron chi connectivity index (χ2n) is 7.78. The number of benzene rings is 2. The largest absolute Gasteiger partial charge is 0.497 e. The van der Waals surface area contributed by atoms with Crippen molar-refractivity contribution in [2.24, 2.45) is 5.73 Å². The summed E-state index contributed by atoms with van der Waals surface area (Å²) in [6.45, 7) is -0.250. The minimum absolute atomic E-state index is 0.222. The summed E-state index contributed by atoms with van der Waals surface area (Å²) in [6.07, 6.45) is -5.24. The van der Waals surface area contributed by atoms with Crippen LogP contribution in [0, 0.1) is 0 Å². The SMILES string of the molecule is COc1ccc2c(c1)C1(COC(N)N1OC(=O)C(F)(F)F)c1cc(-c3cccnc3Cl)ccc1O2. The molecule has 0 bridgehead atoms. The Kier molecular flexibility index (Phi) is 5.59. The number of rotatable bonds is 3. The van der Waals surface area contributed by atoms with Crippen LogP contribution in [-0.2, 0) is 19.9 Å². The number of aromatic nitrogens is 1. The van der Waals surface area contributed by atoms with Gasteiger partial charge in [-0.25, -0.2) is 9.78 Å². The molecule has 2 N–H and O–H groups in total. The van der Waals surface area contributed by atoms with Crippen molar-refractivity contribution in [3.05, 3.63) is 71.0 Å². The molecule has 1 spiro atoms. The molecule has 2 aliphatic rings. The molecule has 2 unspecified atom stereocenters. The molecule has 3 heterocycles. The number of pyridine rings is 1. The van der Waals surface area contributed by atoms with E-state index in [1.807, 2.05) is 0 Å². The molecule has 1 saturated heterocycles. The van der Waals surface area contributed by atoms with Crippen LogP contribution in [0.1, 0.15) is 11.1 Å². The van der Waals surface area contributed by atoms with E-state index in [0.717, 1.165) is 0 Å². The highest BCUT2D eigenvalue weighted by atomic mass is 35.5. The second-order valence-corrected chi connectivity index (χ2v) is 8.14. The van der Waals surface area contributed by atoms with E-state index in [2.05, 4.69) is 4.98 Å². The first-order valence-electron chi connectivity index (χ1n) is 10.2. The molecule has 182 valence electrons. The number of ether oxygens (including phenoxy) is 3. The molecule has 12 heteroatoms. The van der Waals surface area contributed by atoms with Crippen molar-refractivity contribution in [3.8, 4) is 28.4 Å². The monoisotopic (exact) mass is 507 g/mol. The van der Waals surface area contributed by atoms with Gasteiger partial charge in [-0.15, -0.1) is 0 Å². The van der Waals surface area contributed by atoms with Crippen LogP contribution in [0.2, 0.25) is 5.15 Å². The third-order valence-corrected chi connectivity index (χ3v) is 6.13. The smallest absolute Gasteiger partial charge is 0.492 e. The highest BCUT2D eigenvalue weighted by Gasteiger charge is 2.58. The number of halogens is 4. The molecular weight excluding hydrogens is 491 g/mol. The zero-order chi connectivity index (χ0) is 25.0. The fourth-order valence-corrected chi connectivity index (χ4v) is 4.47. The van der Waals surface area contributed by atoms with Crippen molar-refractivity contribution in [3.63, 3.8) is 0 Å². The molecule has 2 aromatic carbocycles. The number of methoxy groups -OCH3 is 1. The molecular formula is C23H17ClF3N3O5. The Morgan fingerprint density at radius 3 is 2.60 bits per heavy atom. The molecule has 35 heavy (non-hydrogen) atoms. The van der Waals surface area contributed by atoms with Crippen molar-refractivity contribution in [1.29, 1.82) is 0 Å². The summed E-state index contributed by atoms with van der Waals surface area (Å²) >= 11 is 6.28. The third kappa shape index (κ3) is 3.76. The van der Waals surface area contributed by atoms with Crippen LogP contribution in [0.5, 0.6) is 17.2 Å². The lowest BCUT2D eigenvalue weighted by Gasteiger charge is -2.41. The zero-order valence-corrected chi connectivity index (χ0v) is 18.8. The van der Waals surface area contributed by atoms with Gasteiger partial charge in [-0.05, 0) is 48.0 Å². The Morgan fingerprint density at radius 2 is 1.91 bits per heavy atom. The Balaban J connectivity index is 1.75. The minimum Gasteiger partial charge on any atom is -0.497 e. The van der Waals surface area contributed by atoms with Crippen LogP contribution in [0.15, 0.2) is 54.7 Å². The molecule has 3 aromatic rings. The van der Waals surface area contributed by atoms with Crippen LogP contribution in [-0.4, -0.2) is 42.3 Å². The Labute approximate surface area is 201 Å². The van der Waals surface area contributed by atoms with E-state index in [1.54, 1.807) is 48.5 Å². The van der Waals surface area contributed by atoms with Gasteiger partial charge in [-0.2, -0.15) is 13.2 Å². The lowest BCUT2D eigenvalue weighted by molar-refractivity contribution is -0.266. The van der Waals surface area contributed by atoms with Crippen LogP contribution in [0.3, 0.4) is 0 Å². The molecule has 2 atom stereocenters. The van der Waals surface area contributed by atoms with Crippen molar-refractivity contribution in [2.45, 2.75) is 18.1 Å². The van der Waals surface area contributed by atoms with E-state index in [9.17, 15) is 18.0 Å². The van der Waals surface area contributed by atoms with Crippen LogP contribution < -0.4 is 15.2 Å². The molecule has 5 rings (SSSR count). The fraction of sp³-hybridized carbons (Fsp3) is 0.217. The van der Waals surface area contributed by atoms with Gasteiger partial charge in [0.2, 0.25) is 0 Å². The molecule has 0 radical (unpaired) electrons. The van der Waals surface area contributed by atoms with Crippen molar-refractivity contribution in [1.82, 2.24) is 10.0 Å². The minimum atomic E-state index is -5.26. The first kappa shape index (κ1) is 23.4. The predicted molar refractivity (Wildman–Crippen MR) is 116 cm³/mol.